The molecule has 14 heteroatoms. The number of carbonyl (C=O) groups is 6. The van der Waals surface area contributed by atoms with E-state index in [1.807, 2.05) is 30.3 Å². The molecule has 0 saturated heterocycles. The molecule has 286 valence electrons. The van der Waals surface area contributed by atoms with Crippen molar-refractivity contribution in [1.82, 2.24) is 21.3 Å². The molecule has 2 aliphatic rings. The van der Waals surface area contributed by atoms with Crippen molar-refractivity contribution in [3.63, 3.8) is 0 Å². The summed E-state index contributed by atoms with van der Waals surface area (Å²) < 4.78 is 0.791. The average molecular weight is 813 g/mol. The predicted molar refractivity (Wildman–Crippen MR) is 208 cm³/mol. The molecule has 0 aromatic heterocycles. The second-order valence-corrected chi connectivity index (χ2v) is 14.2. The molecular formula is C41H42BrN5O8. The Kier molecular flexibility index (Phi) is 14.3. The number of benzene rings is 4. The number of aryl methyl sites for hydroxylation is 1. The zero-order chi connectivity index (χ0) is 39.3. The Hall–Kier alpha value is -5.86. The smallest absolute Gasteiger partial charge is 0.326 e. The van der Waals surface area contributed by atoms with Crippen molar-refractivity contribution in [3.8, 4) is 0 Å². The van der Waals surface area contributed by atoms with Crippen LogP contribution in [0, 0.1) is 0 Å². The molecule has 2 bridgehead atoms. The van der Waals surface area contributed by atoms with Crippen LogP contribution in [0.3, 0.4) is 0 Å². The van der Waals surface area contributed by atoms with Crippen molar-refractivity contribution < 1.29 is 39.0 Å². The highest BCUT2D eigenvalue weighted by atomic mass is 79.9. The van der Waals surface area contributed by atoms with Crippen LogP contribution in [0.5, 0.6) is 0 Å². The van der Waals surface area contributed by atoms with Gasteiger partial charge in [0, 0.05) is 29.4 Å². The number of carboxylic acid groups (broad SMARTS) is 1. The summed E-state index contributed by atoms with van der Waals surface area (Å²) in [7, 11) is 0. The number of halogens is 1. The van der Waals surface area contributed by atoms with Crippen LogP contribution in [0.1, 0.15) is 35.1 Å². The van der Waals surface area contributed by atoms with E-state index in [9.17, 15) is 39.0 Å². The standard InChI is InChI=1S/C41H42BrN5O8/c42-29-16-11-27(12-17-29)22-33-39(52)45-31(20-15-25-7-3-1-4-8-25)37(50)47-34(41(54)55)23-28-13-18-30(19-14-28)43-40(53)35(48)24-36(49)44-32(38(51)46-33)21-26-9-5-2-6-10-26/h1-14,16-19,31-35,48H,15,20-24H2,(H,43,53)(H,44,49)(H,45,52)(H,46,51)(H,47,50)(H,54,55)/t31-,32-,33+,34-,35-/m1/s1. The van der Waals surface area contributed by atoms with Gasteiger partial charge in [0.25, 0.3) is 5.91 Å². The maximum Gasteiger partial charge on any atom is 0.326 e. The lowest BCUT2D eigenvalue weighted by Gasteiger charge is -2.26. The van der Waals surface area contributed by atoms with E-state index in [1.165, 1.54) is 12.1 Å². The Balaban J connectivity index is 1.51. The Bertz CT molecular complexity index is 1960. The molecule has 0 fully saturated rings. The summed E-state index contributed by atoms with van der Waals surface area (Å²) in [6.45, 7) is 0. The second-order valence-electron chi connectivity index (χ2n) is 13.3. The Morgan fingerprint density at radius 3 is 1.73 bits per heavy atom. The zero-order valence-electron chi connectivity index (χ0n) is 29.7. The number of carboxylic acids is 1. The number of aliphatic hydroxyl groups excluding tert-OH is 1. The number of aliphatic carboxylic acids is 1. The van der Waals surface area contributed by atoms with Gasteiger partial charge in [-0.15, -0.1) is 0 Å². The molecule has 13 nitrogen and oxygen atoms in total. The van der Waals surface area contributed by atoms with Gasteiger partial charge in [-0.05, 0) is 59.4 Å². The van der Waals surface area contributed by atoms with Crippen LogP contribution in [0.15, 0.2) is 114 Å². The minimum Gasteiger partial charge on any atom is -0.480 e. The van der Waals surface area contributed by atoms with E-state index in [2.05, 4.69) is 42.5 Å². The third-order valence-electron chi connectivity index (χ3n) is 9.08. The fraction of sp³-hybridized carbons (Fsp3) is 0.268. The Morgan fingerprint density at radius 2 is 1.13 bits per heavy atom. The molecule has 0 unspecified atom stereocenters. The summed E-state index contributed by atoms with van der Waals surface area (Å²) in [5, 5.41) is 34.0. The highest BCUT2D eigenvalue weighted by molar-refractivity contribution is 9.10. The van der Waals surface area contributed by atoms with Crippen molar-refractivity contribution in [2.75, 3.05) is 5.32 Å². The summed E-state index contributed by atoms with van der Waals surface area (Å²) in [5.41, 5.74) is 3.04. The summed E-state index contributed by atoms with van der Waals surface area (Å²) in [5.74, 6) is -5.14. The average Bonchev–Trinajstić information content (AvgIpc) is 3.17. The molecule has 2 heterocycles. The van der Waals surface area contributed by atoms with Crippen LogP contribution in [-0.2, 0) is 54.5 Å². The van der Waals surface area contributed by atoms with Crippen LogP contribution in [-0.4, -0.2) is 76.0 Å². The quantitative estimate of drug-likeness (QED) is 0.132. The topological polar surface area (TPSA) is 203 Å². The number of fused-ring (bicyclic) bond motifs is 18. The van der Waals surface area contributed by atoms with E-state index < -0.39 is 72.2 Å². The molecule has 5 atom stereocenters. The first-order chi connectivity index (χ1) is 26.4. The number of hydrogen-bond donors (Lipinski definition) is 7. The second kappa shape index (κ2) is 19.5. The molecule has 4 aromatic carbocycles. The van der Waals surface area contributed by atoms with Crippen LogP contribution in [0.2, 0.25) is 0 Å². The molecule has 55 heavy (non-hydrogen) atoms. The van der Waals surface area contributed by atoms with Gasteiger partial charge < -0.3 is 36.8 Å². The summed E-state index contributed by atoms with van der Waals surface area (Å²) in [4.78, 5) is 80.6. The van der Waals surface area contributed by atoms with Crippen LogP contribution in [0.25, 0.3) is 0 Å². The van der Waals surface area contributed by atoms with Crippen molar-refractivity contribution in [2.45, 2.75) is 68.8 Å². The predicted octanol–water partition coefficient (Wildman–Crippen LogP) is 2.84. The molecule has 0 radical (unpaired) electrons. The Labute approximate surface area is 326 Å². The number of anilines is 1. The van der Waals surface area contributed by atoms with Gasteiger partial charge in [0.1, 0.15) is 30.3 Å². The van der Waals surface area contributed by atoms with Gasteiger partial charge >= 0.3 is 5.97 Å². The molecule has 0 saturated carbocycles. The maximum absolute atomic E-state index is 14.2. The first-order valence-electron chi connectivity index (χ1n) is 17.8. The van der Waals surface area contributed by atoms with E-state index >= 15 is 0 Å². The van der Waals surface area contributed by atoms with Crippen molar-refractivity contribution in [3.05, 3.63) is 136 Å². The summed E-state index contributed by atoms with van der Waals surface area (Å²) in [6.07, 6.45) is -2.08. The van der Waals surface area contributed by atoms with Crippen molar-refractivity contribution in [2.24, 2.45) is 0 Å². The van der Waals surface area contributed by atoms with Crippen LogP contribution >= 0.6 is 15.9 Å². The van der Waals surface area contributed by atoms with E-state index in [4.69, 9.17) is 0 Å². The summed E-state index contributed by atoms with van der Waals surface area (Å²) in [6, 6.07) is 26.3. The van der Waals surface area contributed by atoms with E-state index in [-0.39, 0.29) is 31.4 Å². The summed E-state index contributed by atoms with van der Waals surface area (Å²) >= 11 is 3.40. The third kappa shape index (κ3) is 12.3. The first kappa shape index (κ1) is 40.3. The SMILES string of the molecule is O=C1C[C@@H](O)C(=O)Nc2ccc(cc2)C[C@H](C(=O)O)NC(=O)[C@@H](CCc2ccccc2)NC(=O)[C@H](Cc2ccc(Br)cc2)NC(=O)[C@@H](Cc2ccccc2)N1. The molecule has 7 N–H and O–H groups in total. The van der Waals surface area contributed by atoms with Crippen LogP contribution in [0.4, 0.5) is 5.69 Å². The highest BCUT2D eigenvalue weighted by Gasteiger charge is 2.32. The lowest BCUT2D eigenvalue weighted by Crippen LogP contribution is -2.58. The number of aliphatic hydroxyl groups is 1. The number of amides is 5. The first-order valence-corrected chi connectivity index (χ1v) is 18.6. The van der Waals surface area contributed by atoms with E-state index in [0.29, 0.717) is 23.1 Å². The normalized spacial score (nSPS) is 21.6. The molecule has 6 rings (SSSR count). The van der Waals surface area contributed by atoms with E-state index in [1.54, 1.807) is 66.7 Å². The molecule has 5 amide bonds. The van der Waals surface area contributed by atoms with Gasteiger partial charge in [0.05, 0.1) is 6.42 Å². The fourth-order valence-electron chi connectivity index (χ4n) is 6.07. The van der Waals surface area contributed by atoms with Gasteiger partial charge in [-0.2, -0.15) is 0 Å². The van der Waals surface area contributed by atoms with Gasteiger partial charge in [0.2, 0.25) is 23.6 Å². The maximum atomic E-state index is 14.2. The largest absolute Gasteiger partial charge is 0.480 e. The molecule has 2 aliphatic heterocycles. The molecule has 4 aromatic rings. The van der Waals surface area contributed by atoms with Gasteiger partial charge in [-0.25, -0.2) is 4.79 Å². The number of carbonyl (C=O) groups excluding carboxylic acids is 5. The van der Waals surface area contributed by atoms with Crippen molar-refractivity contribution in [1.29, 1.82) is 0 Å². The number of hydrogen-bond acceptors (Lipinski definition) is 7. The monoisotopic (exact) mass is 811 g/mol. The van der Waals surface area contributed by atoms with Crippen molar-refractivity contribution >= 4 is 57.1 Å². The molecule has 0 spiro atoms. The lowest BCUT2D eigenvalue weighted by molar-refractivity contribution is -0.142. The number of rotatable bonds is 8. The minimum absolute atomic E-state index is 0.00363. The van der Waals surface area contributed by atoms with E-state index in [0.717, 1.165) is 10.0 Å². The molecule has 0 aliphatic carbocycles. The number of nitrogens with one attached hydrogen (secondary N) is 5. The lowest BCUT2D eigenvalue weighted by atomic mass is 10.0. The third-order valence-corrected chi connectivity index (χ3v) is 9.60. The highest BCUT2D eigenvalue weighted by Crippen LogP contribution is 2.16. The zero-order valence-corrected chi connectivity index (χ0v) is 31.3. The van der Waals surface area contributed by atoms with Crippen LogP contribution < -0.4 is 26.6 Å². The Morgan fingerprint density at radius 1 is 0.600 bits per heavy atom. The minimum atomic E-state index is -1.77. The van der Waals surface area contributed by atoms with Gasteiger partial charge in [-0.1, -0.05) is 101 Å². The van der Waals surface area contributed by atoms with Gasteiger partial charge in [-0.3, -0.25) is 24.0 Å². The van der Waals surface area contributed by atoms with Gasteiger partial charge in [0.15, 0.2) is 0 Å². The fourth-order valence-corrected chi connectivity index (χ4v) is 6.34. The molecular weight excluding hydrogens is 770 g/mol.